The number of aliphatic hydroxyl groups excluding tert-OH is 4. The van der Waals surface area contributed by atoms with Crippen LogP contribution in [0.5, 0.6) is 23.0 Å². The van der Waals surface area contributed by atoms with Gasteiger partial charge in [-0.3, -0.25) is 0 Å². The second kappa shape index (κ2) is 12.4. The predicted molar refractivity (Wildman–Crippen MR) is 125 cm³/mol. The lowest BCUT2D eigenvalue weighted by Crippen LogP contribution is -2.34. The molecule has 1 aliphatic heterocycles. The summed E-state index contributed by atoms with van der Waals surface area (Å²) in [6.45, 7) is -0.428. The van der Waals surface area contributed by atoms with E-state index in [-0.39, 0.29) is 36.5 Å². The third-order valence-electron chi connectivity index (χ3n) is 6.40. The van der Waals surface area contributed by atoms with E-state index in [1.54, 1.807) is 24.3 Å². The highest BCUT2D eigenvalue weighted by Gasteiger charge is 2.43. The third kappa shape index (κ3) is 6.16. The minimum Gasteiger partial charge on any atom is -0.504 e. The van der Waals surface area contributed by atoms with Crippen molar-refractivity contribution in [3.63, 3.8) is 0 Å². The van der Waals surface area contributed by atoms with Gasteiger partial charge in [-0.05, 0) is 60.1 Å². The lowest BCUT2D eigenvalue weighted by molar-refractivity contribution is -0.170. The molecular weight excluding hydrogens is 460 g/mol. The highest BCUT2D eigenvalue weighted by Crippen LogP contribution is 2.43. The SMILES string of the molecule is COc1cc(C(CCO)C(CCOC2OC(CO)C(O)C2O)c2ccc(O)c(OC)c2)ccc1O. The second-order valence-corrected chi connectivity index (χ2v) is 8.45. The van der Waals surface area contributed by atoms with E-state index < -0.39 is 31.2 Å². The van der Waals surface area contributed by atoms with Gasteiger partial charge in [-0.1, -0.05) is 12.1 Å². The molecule has 0 saturated carbocycles. The van der Waals surface area contributed by atoms with Crippen LogP contribution in [-0.4, -0.2) is 89.3 Å². The van der Waals surface area contributed by atoms with E-state index in [9.17, 15) is 30.6 Å². The number of aromatic hydroxyl groups is 2. The zero-order valence-corrected chi connectivity index (χ0v) is 19.8. The van der Waals surface area contributed by atoms with E-state index >= 15 is 0 Å². The Labute approximate surface area is 203 Å². The van der Waals surface area contributed by atoms with Gasteiger partial charge in [0.05, 0.1) is 27.4 Å². The van der Waals surface area contributed by atoms with Crippen LogP contribution in [0.2, 0.25) is 0 Å². The Bertz CT molecular complexity index is 952. The van der Waals surface area contributed by atoms with Crippen molar-refractivity contribution in [2.45, 2.75) is 49.3 Å². The quantitative estimate of drug-likeness (QED) is 0.253. The summed E-state index contributed by atoms with van der Waals surface area (Å²) in [5.74, 6) is 0.0935. The smallest absolute Gasteiger partial charge is 0.186 e. The fourth-order valence-corrected chi connectivity index (χ4v) is 4.50. The summed E-state index contributed by atoms with van der Waals surface area (Å²) in [5, 5.41) is 59.4. The van der Waals surface area contributed by atoms with Gasteiger partial charge in [0, 0.05) is 6.61 Å². The molecule has 0 bridgehead atoms. The first-order chi connectivity index (χ1) is 16.8. The Hall–Kier alpha value is -2.60. The Morgan fingerprint density at radius 2 is 1.37 bits per heavy atom. The van der Waals surface area contributed by atoms with Crippen molar-refractivity contribution in [1.82, 2.24) is 0 Å². The van der Waals surface area contributed by atoms with Gasteiger partial charge in [-0.25, -0.2) is 0 Å². The van der Waals surface area contributed by atoms with Crippen molar-refractivity contribution in [2.75, 3.05) is 34.0 Å². The van der Waals surface area contributed by atoms with E-state index in [0.29, 0.717) is 24.3 Å². The Kier molecular flexibility index (Phi) is 9.55. The molecule has 10 heteroatoms. The molecule has 6 atom stereocenters. The molecule has 194 valence electrons. The van der Waals surface area contributed by atoms with Crippen LogP contribution >= 0.6 is 0 Å². The van der Waals surface area contributed by atoms with Crippen LogP contribution in [-0.2, 0) is 9.47 Å². The van der Waals surface area contributed by atoms with Gasteiger partial charge < -0.3 is 49.6 Å². The van der Waals surface area contributed by atoms with Gasteiger partial charge >= 0.3 is 0 Å². The number of hydrogen-bond acceptors (Lipinski definition) is 10. The minimum absolute atomic E-state index is 0.00505. The molecule has 1 saturated heterocycles. The number of ether oxygens (including phenoxy) is 4. The van der Waals surface area contributed by atoms with E-state index in [1.165, 1.54) is 26.4 Å². The van der Waals surface area contributed by atoms with Crippen molar-refractivity contribution in [3.05, 3.63) is 47.5 Å². The van der Waals surface area contributed by atoms with Crippen molar-refractivity contribution < 1.29 is 49.6 Å². The van der Waals surface area contributed by atoms with Crippen LogP contribution in [0.3, 0.4) is 0 Å². The highest BCUT2D eigenvalue weighted by molar-refractivity contribution is 5.46. The summed E-state index contributed by atoms with van der Waals surface area (Å²) in [7, 11) is 2.91. The molecule has 2 aromatic carbocycles. The zero-order valence-electron chi connectivity index (χ0n) is 19.8. The maximum atomic E-state index is 10.2. The Morgan fingerprint density at radius 3 is 1.83 bits per heavy atom. The van der Waals surface area contributed by atoms with Crippen molar-refractivity contribution >= 4 is 0 Å². The first-order valence-corrected chi connectivity index (χ1v) is 11.4. The molecular formula is C25H34O10. The second-order valence-electron chi connectivity index (χ2n) is 8.45. The number of phenolic OH excluding ortho intramolecular Hbond substituents is 2. The summed E-state index contributed by atoms with van der Waals surface area (Å²) in [6, 6.07) is 10.0. The van der Waals surface area contributed by atoms with Gasteiger partial charge in [-0.15, -0.1) is 0 Å². The topological polar surface area (TPSA) is 158 Å². The molecule has 0 radical (unpaired) electrons. The van der Waals surface area contributed by atoms with Gasteiger partial charge in [0.15, 0.2) is 29.3 Å². The molecule has 35 heavy (non-hydrogen) atoms. The van der Waals surface area contributed by atoms with E-state index in [0.717, 1.165) is 11.1 Å². The number of hydrogen-bond donors (Lipinski definition) is 6. The fraction of sp³-hybridized carbons (Fsp3) is 0.520. The Morgan fingerprint density at radius 1 is 0.829 bits per heavy atom. The van der Waals surface area contributed by atoms with Gasteiger partial charge in [0.1, 0.15) is 18.3 Å². The molecule has 1 heterocycles. The summed E-state index contributed by atoms with van der Waals surface area (Å²) >= 11 is 0. The standard InChI is InChI=1S/C25H34O10/c1-32-20-11-14(3-5-18(20)28)16(7-9-26)17(15-4-6-19(29)21(12-15)33-2)8-10-34-25-24(31)23(30)22(13-27)35-25/h3-6,11-12,16-17,22-31H,7-10,13H2,1-2H3. The molecule has 0 spiro atoms. The van der Waals surface area contributed by atoms with Gasteiger partial charge in [0.25, 0.3) is 0 Å². The van der Waals surface area contributed by atoms with E-state index in [2.05, 4.69) is 0 Å². The van der Waals surface area contributed by atoms with Crippen LogP contribution in [0.1, 0.15) is 35.8 Å². The van der Waals surface area contributed by atoms with E-state index in [4.69, 9.17) is 18.9 Å². The molecule has 1 aliphatic rings. The summed E-state index contributed by atoms with van der Waals surface area (Å²) in [6.07, 6.45) is -3.78. The number of aliphatic hydroxyl groups is 4. The van der Waals surface area contributed by atoms with Gasteiger partial charge in [-0.2, -0.15) is 0 Å². The largest absolute Gasteiger partial charge is 0.504 e. The third-order valence-corrected chi connectivity index (χ3v) is 6.40. The first-order valence-electron chi connectivity index (χ1n) is 11.4. The lowest BCUT2D eigenvalue weighted by atomic mass is 9.77. The average molecular weight is 495 g/mol. The maximum absolute atomic E-state index is 10.2. The Balaban J connectivity index is 1.89. The van der Waals surface area contributed by atoms with Crippen molar-refractivity contribution in [1.29, 1.82) is 0 Å². The number of benzene rings is 2. The van der Waals surface area contributed by atoms with Crippen LogP contribution in [0.25, 0.3) is 0 Å². The van der Waals surface area contributed by atoms with Crippen LogP contribution in [0, 0.1) is 0 Å². The zero-order chi connectivity index (χ0) is 25.5. The average Bonchev–Trinajstić information content (AvgIpc) is 3.14. The maximum Gasteiger partial charge on any atom is 0.186 e. The molecule has 3 rings (SSSR count). The lowest BCUT2D eigenvalue weighted by Gasteiger charge is -2.29. The van der Waals surface area contributed by atoms with Crippen molar-refractivity contribution in [3.8, 4) is 23.0 Å². The molecule has 0 amide bonds. The molecule has 2 aromatic rings. The molecule has 0 aromatic heterocycles. The van der Waals surface area contributed by atoms with E-state index in [1.807, 2.05) is 0 Å². The fourth-order valence-electron chi connectivity index (χ4n) is 4.50. The monoisotopic (exact) mass is 494 g/mol. The summed E-state index contributed by atoms with van der Waals surface area (Å²) in [5.41, 5.74) is 1.63. The van der Waals surface area contributed by atoms with Crippen LogP contribution in [0.4, 0.5) is 0 Å². The molecule has 6 N–H and O–H groups in total. The number of phenols is 2. The van der Waals surface area contributed by atoms with Crippen LogP contribution in [0.15, 0.2) is 36.4 Å². The van der Waals surface area contributed by atoms with Crippen molar-refractivity contribution in [2.24, 2.45) is 0 Å². The normalized spacial score (nSPS) is 23.7. The minimum atomic E-state index is -1.30. The molecule has 1 fully saturated rings. The summed E-state index contributed by atoms with van der Waals surface area (Å²) < 4.78 is 21.7. The molecule has 6 unspecified atom stereocenters. The van der Waals surface area contributed by atoms with Crippen LogP contribution < -0.4 is 9.47 Å². The highest BCUT2D eigenvalue weighted by atomic mass is 16.7. The first kappa shape index (κ1) is 27.0. The molecule has 0 aliphatic carbocycles. The van der Waals surface area contributed by atoms with Gasteiger partial charge in [0.2, 0.25) is 0 Å². The predicted octanol–water partition coefficient (Wildman–Crippen LogP) is 1.21. The summed E-state index contributed by atoms with van der Waals surface area (Å²) in [4.78, 5) is 0. The number of rotatable bonds is 12. The molecule has 10 nitrogen and oxygen atoms in total. The number of methoxy groups -OCH3 is 2.